The number of nitrogens with two attached hydrogens (primary N) is 1. The Balaban J connectivity index is 2.91. The SMILES string of the molecule is Nc1ccccc1C[C]=O. The van der Waals surface area contributed by atoms with Gasteiger partial charge in [-0.15, -0.1) is 0 Å². The number of hydrogen-bond donors (Lipinski definition) is 1. The van der Waals surface area contributed by atoms with Crippen LogP contribution in [0.25, 0.3) is 0 Å². The summed E-state index contributed by atoms with van der Waals surface area (Å²) in [5, 5.41) is 0. The van der Waals surface area contributed by atoms with Crippen molar-refractivity contribution in [3.05, 3.63) is 29.8 Å². The van der Waals surface area contributed by atoms with Gasteiger partial charge in [0.05, 0.1) is 0 Å². The van der Waals surface area contributed by atoms with Gasteiger partial charge in [-0.2, -0.15) is 0 Å². The number of rotatable bonds is 2. The summed E-state index contributed by atoms with van der Waals surface area (Å²) in [6.45, 7) is 0. The van der Waals surface area contributed by atoms with Crippen molar-refractivity contribution in [1.29, 1.82) is 0 Å². The number of benzene rings is 1. The smallest absolute Gasteiger partial charge is 0.203 e. The molecule has 1 aromatic rings. The van der Waals surface area contributed by atoms with Gasteiger partial charge in [-0.25, -0.2) is 0 Å². The molecule has 0 saturated heterocycles. The van der Waals surface area contributed by atoms with Gasteiger partial charge in [0.1, 0.15) is 0 Å². The zero-order valence-electron chi connectivity index (χ0n) is 5.50. The zero-order chi connectivity index (χ0) is 7.40. The largest absolute Gasteiger partial charge is 0.398 e. The van der Waals surface area contributed by atoms with Crippen LogP contribution in [0.2, 0.25) is 0 Å². The molecule has 10 heavy (non-hydrogen) atoms. The van der Waals surface area contributed by atoms with Gasteiger partial charge in [-0.05, 0) is 11.6 Å². The van der Waals surface area contributed by atoms with Gasteiger partial charge in [-0.3, -0.25) is 4.79 Å². The van der Waals surface area contributed by atoms with Crippen LogP contribution in [0.4, 0.5) is 5.69 Å². The van der Waals surface area contributed by atoms with Gasteiger partial charge >= 0.3 is 0 Å². The molecule has 0 aliphatic carbocycles. The molecule has 0 aliphatic heterocycles. The lowest BCUT2D eigenvalue weighted by Crippen LogP contribution is -1.93. The van der Waals surface area contributed by atoms with E-state index in [0.29, 0.717) is 5.69 Å². The number of para-hydroxylation sites is 1. The van der Waals surface area contributed by atoms with E-state index < -0.39 is 0 Å². The van der Waals surface area contributed by atoms with Crippen molar-refractivity contribution in [2.24, 2.45) is 0 Å². The van der Waals surface area contributed by atoms with Gasteiger partial charge in [0.15, 0.2) is 0 Å². The van der Waals surface area contributed by atoms with E-state index in [4.69, 9.17) is 5.73 Å². The van der Waals surface area contributed by atoms with Crippen molar-refractivity contribution in [1.82, 2.24) is 0 Å². The minimum Gasteiger partial charge on any atom is -0.398 e. The van der Waals surface area contributed by atoms with Crippen LogP contribution in [0.1, 0.15) is 5.56 Å². The Morgan fingerprint density at radius 2 is 2.10 bits per heavy atom. The van der Waals surface area contributed by atoms with Gasteiger partial charge < -0.3 is 5.73 Å². The van der Waals surface area contributed by atoms with Crippen LogP contribution in [0.15, 0.2) is 24.3 Å². The van der Waals surface area contributed by atoms with Crippen LogP contribution >= 0.6 is 0 Å². The van der Waals surface area contributed by atoms with E-state index in [1.807, 2.05) is 18.2 Å². The van der Waals surface area contributed by atoms with E-state index in [1.54, 1.807) is 12.4 Å². The van der Waals surface area contributed by atoms with Gasteiger partial charge in [0.25, 0.3) is 0 Å². The van der Waals surface area contributed by atoms with E-state index >= 15 is 0 Å². The van der Waals surface area contributed by atoms with Crippen LogP contribution in [0.3, 0.4) is 0 Å². The van der Waals surface area contributed by atoms with Crippen molar-refractivity contribution in [3.63, 3.8) is 0 Å². The predicted molar refractivity (Wildman–Crippen MR) is 40.3 cm³/mol. The molecule has 1 aromatic carbocycles. The highest BCUT2D eigenvalue weighted by Gasteiger charge is 1.94. The average molecular weight is 134 g/mol. The summed E-state index contributed by atoms with van der Waals surface area (Å²) in [6, 6.07) is 7.28. The number of hydrogen-bond acceptors (Lipinski definition) is 2. The summed E-state index contributed by atoms with van der Waals surface area (Å²) < 4.78 is 0. The molecule has 0 spiro atoms. The Labute approximate surface area is 59.7 Å². The molecular weight excluding hydrogens is 126 g/mol. The van der Waals surface area contributed by atoms with Crippen molar-refractivity contribution < 1.29 is 4.79 Å². The second-order valence-corrected chi connectivity index (χ2v) is 2.02. The second kappa shape index (κ2) is 3.01. The number of nitrogen functional groups attached to an aromatic ring is 1. The summed E-state index contributed by atoms with van der Waals surface area (Å²) in [5.74, 6) is 0. The predicted octanol–water partition coefficient (Wildman–Crippen LogP) is 0.921. The first-order valence-electron chi connectivity index (χ1n) is 3.03. The monoisotopic (exact) mass is 134 g/mol. The van der Waals surface area contributed by atoms with E-state index in [2.05, 4.69) is 0 Å². The molecule has 0 aliphatic rings. The Bertz CT molecular complexity index is 232. The lowest BCUT2D eigenvalue weighted by molar-refractivity contribution is 0.555. The molecule has 0 fully saturated rings. The molecule has 0 amide bonds. The lowest BCUT2D eigenvalue weighted by atomic mass is 10.1. The summed E-state index contributed by atoms with van der Waals surface area (Å²) in [4.78, 5) is 9.95. The summed E-state index contributed by atoms with van der Waals surface area (Å²) in [6.07, 6.45) is 2.08. The molecule has 1 radical (unpaired) electrons. The first kappa shape index (κ1) is 6.81. The van der Waals surface area contributed by atoms with Crippen LogP contribution in [0, 0.1) is 0 Å². The molecule has 2 heteroatoms. The Hall–Kier alpha value is -1.31. The third-order valence-electron chi connectivity index (χ3n) is 1.32. The normalized spacial score (nSPS) is 9.20. The molecule has 0 atom stereocenters. The molecule has 0 heterocycles. The van der Waals surface area contributed by atoms with Crippen LogP contribution in [-0.2, 0) is 11.2 Å². The highest BCUT2D eigenvalue weighted by Crippen LogP contribution is 2.09. The maximum absolute atomic E-state index is 9.95. The molecular formula is C8H8NO. The highest BCUT2D eigenvalue weighted by atomic mass is 16.1. The number of carbonyl (C=O) groups excluding carboxylic acids is 1. The van der Waals surface area contributed by atoms with Crippen molar-refractivity contribution >= 4 is 12.0 Å². The van der Waals surface area contributed by atoms with Gasteiger partial charge in [0.2, 0.25) is 6.29 Å². The van der Waals surface area contributed by atoms with Crippen molar-refractivity contribution in [3.8, 4) is 0 Å². The fourth-order valence-electron chi connectivity index (χ4n) is 0.773. The van der Waals surface area contributed by atoms with Crippen LogP contribution in [-0.4, -0.2) is 6.29 Å². The fourth-order valence-corrected chi connectivity index (χ4v) is 0.773. The third-order valence-corrected chi connectivity index (χ3v) is 1.32. The summed E-state index contributed by atoms with van der Waals surface area (Å²) in [5.41, 5.74) is 7.03. The van der Waals surface area contributed by atoms with Gasteiger partial charge in [0, 0.05) is 12.1 Å². The highest BCUT2D eigenvalue weighted by molar-refractivity contribution is 5.61. The third kappa shape index (κ3) is 1.35. The molecule has 0 aromatic heterocycles. The van der Waals surface area contributed by atoms with Crippen LogP contribution < -0.4 is 5.73 Å². The summed E-state index contributed by atoms with van der Waals surface area (Å²) >= 11 is 0. The molecule has 0 bridgehead atoms. The van der Waals surface area contributed by atoms with Crippen molar-refractivity contribution in [2.75, 3.05) is 5.73 Å². The minimum atomic E-state index is 0.284. The molecule has 2 N–H and O–H groups in total. The standard InChI is InChI=1S/C8H8NO/c9-8-4-2-1-3-7(8)5-6-10/h1-4H,5,9H2. The minimum absolute atomic E-state index is 0.284. The first-order valence-corrected chi connectivity index (χ1v) is 3.03. The lowest BCUT2D eigenvalue weighted by Gasteiger charge is -1.97. The average Bonchev–Trinajstić information content (AvgIpc) is 1.94. The first-order chi connectivity index (χ1) is 4.84. The van der Waals surface area contributed by atoms with Crippen LogP contribution in [0.5, 0.6) is 0 Å². The Morgan fingerprint density at radius 3 is 2.70 bits per heavy atom. The topological polar surface area (TPSA) is 43.1 Å². The van der Waals surface area contributed by atoms with E-state index in [0.717, 1.165) is 5.56 Å². The van der Waals surface area contributed by atoms with E-state index in [9.17, 15) is 4.79 Å². The van der Waals surface area contributed by atoms with E-state index in [1.165, 1.54) is 0 Å². The maximum atomic E-state index is 9.95. The zero-order valence-corrected chi connectivity index (χ0v) is 5.50. The Kier molecular flexibility index (Phi) is 2.05. The molecule has 51 valence electrons. The van der Waals surface area contributed by atoms with Crippen molar-refractivity contribution in [2.45, 2.75) is 6.42 Å². The second-order valence-electron chi connectivity index (χ2n) is 2.02. The van der Waals surface area contributed by atoms with E-state index in [-0.39, 0.29) is 6.42 Å². The fraction of sp³-hybridized carbons (Fsp3) is 0.125. The molecule has 0 saturated carbocycles. The number of anilines is 1. The molecule has 0 unspecified atom stereocenters. The quantitative estimate of drug-likeness (QED) is 0.611. The molecule has 1 rings (SSSR count). The summed E-state index contributed by atoms with van der Waals surface area (Å²) in [7, 11) is 0. The Morgan fingerprint density at radius 1 is 1.40 bits per heavy atom. The van der Waals surface area contributed by atoms with Gasteiger partial charge in [-0.1, -0.05) is 18.2 Å². The maximum Gasteiger partial charge on any atom is 0.203 e. The molecule has 2 nitrogen and oxygen atoms in total.